The van der Waals surface area contributed by atoms with Gasteiger partial charge in [0.15, 0.2) is 0 Å². The topological polar surface area (TPSA) is 15.3 Å². The summed E-state index contributed by atoms with van der Waals surface area (Å²) in [5.74, 6) is 2.63. The van der Waals surface area contributed by atoms with Gasteiger partial charge in [-0.3, -0.25) is 0 Å². The van der Waals surface area contributed by atoms with Crippen LogP contribution in [0.1, 0.15) is 39.0 Å². The first-order chi connectivity index (χ1) is 7.90. The highest BCUT2D eigenvalue weighted by Gasteiger charge is 2.28. The van der Waals surface area contributed by atoms with E-state index in [9.17, 15) is 0 Å². The summed E-state index contributed by atoms with van der Waals surface area (Å²) in [5.41, 5.74) is 0. The quantitative estimate of drug-likeness (QED) is 0.738. The number of hydrogen-bond acceptors (Lipinski definition) is 3. The molecule has 2 fully saturated rings. The molecule has 0 aromatic carbocycles. The predicted octanol–water partition coefficient (Wildman–Crippen LogP) is 2.35. The summed E-state index contributed by atoms with van der Waals surface area (Å²) < 4.78 is 0. The molecule has 1 saturated heterocycles. The molecule has 0 aromatic rings. The summed E-state index contributed by atoms with van der Waals surface area (Å²) >= 11 is 2.12. The number of nitrogens with zero attached hydrogens (tertiary/aromatic N) is 1. The normalized spacial score (nSPS) is 26.2. The maximum atomic E-state index is 3.64. The molecule has 1 aliphatic heterocycles. The fourth-order valence-corrected chi connectivity index (χ4v) is 3.40. The first-order valence-corrected chi connectivity index (χ1v) is 8.11. The molecule has 1 aliphatic carbocycles. The Balaban J connectivity index is 1.64. The van der Waals surface area contributed by atoms with Crippen LogP contribution in [0, 0.1) is 0 Å². The van der Waals surface area contributed by atoms with Crippen LogP contribution in [0.4, 0.5) is 0 Å². The Labute approximate surface area is 105 Å². The van der Waals surface area contributed by atoms with Gasteiger partial charge in [-0.05, 0) is 38.8 Å². The molecule has 94 valence electrons. The SMILES string of the molecule is CCCCN(CCC1CSCCN1)C1CC1. The molecule has 2 rings (SSSR count). The van der Waals surface area contributed by atoms with E-state index >= 15 is 0 Å². The third-order valence-electron chi connectivity index (χ3n) is 3.63. The van der Waals surface area contributed by atoms with Crippen LogP contribution >= 0.6 is 11.8 Å². The largest absolute Gasteiger partial charge is 0.312 e. The first kappa shape index (κ1) is 12.7. The third-order valence-corrected chi connectivity index (χ3v) is 4.76. The summed E-state index contributed by atoms with van der Waals surface area (Å²) in [7, 11) is 0. The van der Waals surface area contributed by atoms with Crippen molar-refractivity contribution in [2.75, 3.05) is 31.1 Å². The Morgan fingerprint density at radius 2 is 2.19 bits per heavy atom. The van der Waals surface area contributed by atoms with Crippen LogP contribution in [0.25, 0.3) is 0 Å². The summed E-state index contributed by atoms with van der Waals surface area (Å²) in [6.45, 7) is 6.17. The van der Waals surface area contributed by atoms with Crippen LogP contribution in [0.5, 0.6) is 0 Å². The van der Waals surface area contributed by atoms with E-state index in [4.69, 9.17) is 0 Å². The Kier molecular flexibility index (Phi) is 5.46. The highest BCUT2D eigenvalue weighted by molar-refractivity contribution is 7.99. The smallest absolute Gasteiger partial charge is 0.0170 e. The van der Waals surface area contributed by atoms with Crippen molar-refractivity contribution in [2.24, 2.45) is 0 Å². The molecule has 0 radical (unpaired) electrons. The molecule has 2 aliphatic rings. The van der Waals surface area contributed by atoms with Gasteiger partial charge in [-0.1, -0.05) is 13.3 Å². The van der Waals surface area contributed by atoms with Gasteiger partial charge in [0.25, 0.3) is 0 Å². The minimum atomic E-state index is 0.779. The summed E-state index contributed by atoms with van der Waals surface area (Å²) in [4.78, 5) is 2.74. The molecule has 1 N–H and O–H groups in total. The zero-order chi connectivity index (χ0) is 11.2. The minimum Gasteiger partial charge on any atom is -0.312 e. The second kappa shape index (κ2) is 6.87. The van der Waals surface area contributed by atoms with Crippen molar-refractivity contribution in [1.29, 1.82) is 0 Å². The average molecular weight is 242 g/mol. The zero-order valence-corrected chi connectivity index (χ0v) is 11.4. The maximum absolute atomic E-state index is 3.64. The molecule has 1 saturated carbocycles. The van der Waals surface area contributed by atoms with Gasteiger partial charge in [0.1, 0.15) is 0 Å². The van der Waals surface area contributed by atoms with Crippen molar-refractivity contribution in [1.82, 2.24) is 10.2 Å². The van der Waals surface area contributed by atoms with Crippen LogP contribution in [0.2, 0.25) is 0 Å². The molecular formula is C13H26N2S. The van der Waals surface area contributed by atoms with Gasteiger partial charge < -0.3 is 10.2 Å². The van der Waals surface area contributed by atoms with Gasteiger partial charge >= 0.3 is 0 Å². The van der Waals surface area contributed by atoms with E-state index in [0.717, 1.165) is 12.1 Å². The Morgan fingerprint density at radius 1 is 1.31 bits per heavy atom. The van der Waals surface area contributed by atoms with E-state index in [0.29, 0.717) is 0 Å². The van der Waals surface area contributed by atoms with Crippen LogP contribution in [0.3, 0.4) is 0 Å². The molecule has 0 aromatic heterocycles. The first-order valence-electron chi connectivity index (χ1n) is 6.95. The van der Waals surface area contributed by atoms with Gasteiger partial charge in [-0.15, -0.1) is 0 Å². The lowest BCUT2D eigenvalue weighted by Crippen LogP contribution is -2.40. The second-order valence-corrected chi connectivity index (χ2v) is 6.29. The van der Waals surface area contributed by atoms with E-state index < -0.39 is 0 Å². The molecule has 0 spiro atoms. The van der Waals surface area contributed by atoms with Crippen molar-refractivity contribution in [2.45, 2.75) is 51.1 Å². The predicted molar refractivity (Wildman–Crippen MR) is 73.2 cm³/mol. The zero-order valence-electron chi connectivity index (χ0n) is 10.6. The van der Waals surface area contributed by atoms with Gasteiger partial charge in [0.2, 0.25) is 0 Å². The average Bonchev–Trinajstić information content (AvgIpc) is 3.15. The number of unbranched alkanes of at least 4 members (excludes halogenated alkanes) is 1. The maximum Gasteiger partial charge on any atom is 0.0170 e. The monoisotopic (exact) mass is 242 g/mol. The standard InChI is InChI=1S/C13H26N2S/c1-2-3-8-15(13-4-5-13)9-6-12-11-16-10-7-14-12/h12-14H,2-11H2,1H3. The molecule has 1 unspecified atom stereocenters. The molecule has 0 amide bonds. The van der Waals surface area contributed by atoms with Gasteiger partial charge in [0.05, 0.1) is 0 Å². The van der Waals surface area contributed by atoms with Gasteiger partial charge in [0, 0.05) is 30.1 Å². The highest BCUT2D eigenvalue weighted by atomic mass is 32.2. The lowest BCUT2D eigenvalue weighted by atomic mass is 10.2. The van der Waals surface area contributed by atoms with Crippen molar-refractivity contribution in [3.05, 3.63) is 0 Å². The van der Waals surface area contributed by atoms with Crippen LogP contribution in [-0.4, -0.2) is 48.1 Å². The lowest BCUT2D eigenvalue weighted by molar-refractivity contribution is 0.246. The van der Waals surface area contributed by atoms with Gasteiger partial charge in [-0.2, -0.15) is 11.8 Å². The van der Waals surface area contributed by atoms with Crippen LogP contribution in [0.15, 0.2) is 0 Å². The van der Waals surface area contributed by atoms with Crippen LogP contribution in [-0.2, 0) is 0 Å². The minimum absolute atomic E-state index is 0.779. The Bertz CT molecular complexity index is 188. The van der Waals surface area contributed by atoms with Crippen molar-refractivity contribution >= 4 is 11.8 Å². The molecule has 0 bridgehead atoms. The Hall–Kier alpha value is 0.270. The highest BCUT2D eigenvalue weighted by Crippen LogP contribution is 2.27. The Morgan fingerprint density at radius 3 is 2.81 bits per heavy atom. The third kappa shape index (κ3) is 4.27. The molecule has 3 heteroatoms. The number of rotatable bonds is 7. The summed E-state index contributed by atoms with van der Waals surface area (Å²) in [5, 5.41) is 3.64. The van der Waals surface area contributed by atoms with E-state index in [1.54, 1.807) is 0 Å². The number of hydrogen-bond donors (Lipinski definition) is 1. The van der Waals surface area contributed by atoms with Crippen molar-refractivity contribution in [3.63, 3.8) is 0 Å². The summed E-state index contributed by atoms with van der Waals surface area (Å²) in [6.07, 6.45) is 6.98. The molecule has 2 nitrogen and oxygen atoms in total. The number of nitrogens with one attached hydrogen (secondary N) is 1. The van der Waals surface area contributed by atoms with Crippen molar-refractivity contribution < 1.29 is 0 Å². The van der Waals surface area contributed by atoms with E-state index in [1.807, 2.05) is 0 Å². The molecule has 1 atom stereocenters. The second-order valence-electron chi connectivity index (χ2n) is 5.14. The lowest BCUT2D eigenvalue weighted by Gasteiger charge is -2.27. The van der Waals surface area contributed by atoms with E-state index in [-0.39, 0.29) is 0 Å². The van der Waals surface area contributed by atoms with E-state index in [2.05, 4.69) is 28.9 Å². The fourth-order valence-electron chi connectivity index (χ4n) is 2.40. The molecule has 16 heavy (non-hydrogen) atoms. The van der Waals surface area contributed by atoms with Crippen LogP contribution < -0.4 is 5.32 Å². The summed E-state index contributed by atoms with van der Waals surface area (Å²) in [6, 6.07) is 1.73. The fraction of sp³-hybridized carbons (Fsp3) is 1.00. The van der Waals surface area contributed by atoms with Crippen molar-refractivity contribution in [3.8, 4) is 0 Å². The van der Waals surface area contributed by atoms with E-state index in [1.165, 1.54) is 63.2 Å². The molecular weight excluding hydrogens is 216 g/mol. The van der Waals surface area contributed by atoms with Gasteiger partial charge in [-0.25, -0.2) is 0 Å². The number of thioether (sulfide) groups is 1. The molecule has 1 heterocycles.